The minimum atomic E-state index is -0.649. The van der Waals surface area contributed by atoms with E-state index in [2.05, 4.69) is 15.9 Å². The molecule has 0 bridgehead atoms. The van der Waals surface area contributed by atoms with Crippen molar-refractivity contribution in [3.05, 3.63) is 67.9 Å². The maximum Gasteiger partial charge on any atom is 0.272 e. The average molecular weight is 340 g/mol. The Morgan fingerprint density at radius 3 is 2.75 bits per heavy atom. The normalized spacial score (nSPS) is 10.3. The maximum absolute atomic E-state index is 13.3. The van der Waals surface area contributed by atoms with Crippen LogP contribution in [-0.4, -0.2) is 4.92 Å². The standard InChI is InChI=1S/C14H11BrFNO3/c1-9-2-3-11(15)6-14(9)20-8-10-4-12(16)7-13(5-10)17(18)19/h2-7H,8H2,1H3. The summed E-state index contributed by atoms with van der Waals surface area (Å²) in [4.78, 5) is 10.0. The zero-order valence-corrected chi connectivity index (χ0v) is 12.2. The van der Waals surface area contributed by atoms with Crippen LogP contribution < -0.4 is 4.74 Å². The van der Waals surface area contributed by atoms with Crippen LogP contribution in [0.2, 0.25) is 0 Å². The lowest BCUT2D eigenvalue weighted by molar-refractivity contribution is -0.385. The van der Waals surface area contributed by atoms with E-state index in [4.69, 9.17) is 4.74 Å². The number of nitro groups is 1. The molecule has 0 aromatic heterocycles. The summed E-state index contributed by atoms with van der Waals surface area (Å²) in [6, 6.07) is 8.97. The SMILES string of the molecule is Cc1ccc(Br)cc1OCc1cc(F)cc([N+](=O)[O-])c1. The lowest BCUT2D eigenvalue weighted by Crippen LogP contribution is -1.99. The van der Waals surface area contributed by atoms with Gasteiger partial charge in [-0.2, -0.15) is 0 Å². The fraction of sp³-hybridized carbons (Fsp3) is 0.143. The fourth-order valence-electron chi connectivity index (χ4n) is 1.71. The molecule has 0 heterocycles. The van der Waals surface area contributed by atoms with E-state index < -0.39 is 10.7 Å². The Bertz CT molecular complexity index is 661. The second kappa shape index (κ2) is 6.00. The molecule has 20 heavy (non-hydrogen) atoms. The number of nitro benzene ring substituents is 1. The first kappa shape index (κ1) is 14.5. The fourth-order valence-corrected chi connectivity index (χ4v) is 2.05. The largest absolute Gasteiger partial charge is 0.489 e. The van der Waals surface area contributed by atoms with Crippen LogP contribution in [-0.2, 0) is 6.61 Å². The van der Waals surface area contributed by atoms with Gasteiger partial charge >= 0.3 is 0 Å². The summed E-state index contributed by atoms with van der Waals surface area (Å²) >= 11 is 3.34. The molecule has 0 atom stereocenters. The number of benzene rings is 2. The number of rotatable bonds is 4. The summed E-state index contributed by atoms with van der Waals surface area (Å²) in [5.41, 5.74) is 1.06. The Hall–Kier alpha value is -1.95. The van der Waals surface area contributed by atoms with E-state index >= 15 is 0 Å². The molecule has 0 aliphatic rings. The highest BCUT2D eigenvalue weighted by Gasteiger charge is 2.10. The molecular formula is C14H11BrFNO3. The Balaban J connectivity index is 2.18. The van der Waals surface area contributed by atoms with Crippen LogP contribution in [0, 0.1) is 22.9 Å². The highest BCUT2D eigenvalue weighted by molar-refractivity contribution is 9.10. The molecule has 2 rings (SSSR count). The van der Waals surface area contributed by atoms with Crippen molar-refractivity contribution in [3.63, 3.8) is 0 Å². The van der Waals surface area contributed by atoms with E-state index in [9.17, 15) is 14.5 Å². The predicted molar refractivity (Wildman–Crippen MR) is 76.3 cm³/mol. The summed E-state index contributed by atoms with van der Waals surface area (Å²) < 4.78 is 19.7. The van der Waals surface area contributed by atoms with Crippen molar-refractivity contribution < 1.29 is 14.1 Å². The first-order chi connectivity index (χ1) is 9.45. The van der Waals surface area contributed by atoms with Crippen molar-refractivity contribution in [1.29, 1.82) is 0 Å². The first-order valence-corrected chi connectivity index (χ1v) is 6.58. The number of aryl methyl sites for hydroxylation is 1. The number of non-ortho nitro benzene ring substituents is 1. The second-order valence-corrected chi connectivity index (χ2v) is 5.19. The van der Waals surface area contributed by atoms with Crippen LogP contribution in [0.3, 0.4) is 0 Å². The van der Waals surface area contributed by atoms with Crippen LogP contribution in [0.5, 0.6) is 5.75 Å². The van der Waals surface area contributed by atoms with E-state index in [-0.39, 0.29) is 12.3 Å². The zero-order valence-electron chi connectivity index (χ0n) is 10.6. The summed E-state index contributed by atoms with van der Waals surface area (Å²) in [7, 11) is 0. The molecule has 6 heteroatoms. The Morgan fingerprint density at radius 1 is 1.30 bits per heavy atom. The van der Waals surface area contributed by atoms with Crippen LogP contribution in [0.1, 0.15) is 11.1 Å². The number of ether oxygens (including phenoxy) is 1. The lowest BCUT2D eigenvalue weighted by atomic mass is 10.2. The van der Waals surface area contributed by atoms with Gasteiger partial charge in [0.05, 0.1) is 11.0 Å². The van der Waals surface area contributed by atoms with Gasteiger partial charge in [0.1, 0.15) is 18.2 Å². The minimum absolute atomic E-state index is 0.0654. The van der Waals surface area contributed by atoms with Crippen LogP contribution in [0.4, 0.5) is 10.1 Å². The Kier molecular flexibility index (Phi) is 4.34. The number of nitrogens with zero attached hydrogens (tertiary/aromatic N) is 1. The summed E-state index contributed by atoms with van der Waals surface area (Å²) in [6.45, 7) is 1.95. The molecule has 0 aliphatic carbocycles. The quantitative estimate of drug-likeness (QED) is 0.613. The molecule has 4 nitrogen and oxygen atoms in total. The van der Waals surface area contributed by atoms with Crippen LogP contribution >= 0.6 is 15.9 Å². The van der Waals surface area contributed by atoms with Crippen molar-refractivity contribution in [1.82, 2.24) is 0 Å². The van der Waals surface area contributed by atoms with Gasteiger partial charge in [0.15, 0.2) is 0 Å². The molecule has 0 amide bonds. The summed E-state index contributed by atoms with van der Waals surface area (Å²) in [6.07, 6.45) is 0. The predicted octanol–water partition coefficient (Wildman–Crippen LogP) is 4.38. The van der Waals surface area contributed by atoms with Gasteiger partial charge < -0.3 is 4.74 Å². The molecule has 0 fully saturated rings. The van der Waals surface area contributed by atoms with Gasteiger partial charge in [0.2, 0.25) is 0 Å². The summed E-state index contributed by atoms with van der Waals surface area (Å²) in [5.74, 6) is -0.00458. The monoisotopic (exact) mass is 339 g/mol. The molecule has 0 aliphatic heterocycles. The molecule has 0 saturated heterocycles. The van der Waals surface area contributed by atoms with Crippen LogP contribution in [0.25, 0.3) is 0 Å². The average Bonchev–Trinajstić information content (AvgIpc) is 2.39. The van der Waals surface area contributed by atoms with E-state index in [1.807, 2.05) is 19.1 Å². The van der Waals surface area contributed by atoms with Gasteiger partial charge in [-0.3, -0.25) is 10.1 Å². The molecule has 0 spiro atoms. The number of hydrogen-bond acceptors (Lipinski definition) is 3. The van der Waals surface area contributed by atoms with E-state index in [0.29, 0.717) is 11.3 Å². The molecule has 0 N–H and O–H groups in total. The molecule has 2 aromatic carbocycles. The molecule has 2 aromatic rings. The van der Waals surface area contributed by atoms with Gasteiger partial charge in [-0.05, 0) is 36.2 Å². The maximum atomic E-state index is 13.3. The highest BCUT2D eigenvalue weighted by Crippen LogP contribution is 2.24. The number of halogens is 2. The van der Waals surface area contributed by atoms with Crippen molar-refractivity contribution in [2.45, 2.75) is 13.5 Å². The van der Waals surface area contributed by atoms with Gasteiger partial charge in [0.25, 0.3) is 5.69 Å². The molecular weight excluding hydrogens is 329 g/mol. The van der Waals surface area contributed by atoms with E-state index in [1.165, 1.54) is 12.1 Å². The third-order valence-corrected chi connectivity index (χ3v) is 3.19. The van der Waals surface area contributed by atoms with Gasteiger partial charge in [0, 0.05) is 10.5 Å². The third-order valence-electron chi connectivity index (χ3n) is 2.70. The molecule has 104 valence electrons. The first-order valence-electron chi connectivity index (χ1n) is 5.78. The topological polar surface area (TPSA) is 52.4 Å². The van der Waals surface area contributed by atoms with Crippen molar-refractivity contribution in [2.24, 2.45) is 0 Å². The lowest BCUT2D eigenvalue weighted by Gasteiger charge is -2.09. The Morgan fingerprint density at radius 2 is 2.05 bits per heavy atom. The molecule has 0 unspecified atom stereocenters. The van der Waals surface area contributed by atoms with Crippen molar-refractivity contribution >= 4 is 21.6 Å². The zero-order chi connectivity index (χ0) is 14.7. The molecule has 0 radical (unpaired) electrons. The van der Waals surface area contributed by atoms with Crippen molar-refractivity contribution in [2.75, 3.05) is 0 Å². The van der Waals surface area contributed by atoms with Gasteiger partial charge in [-0.1, -0.05) is 22.0 Å². The van der Waals surface area contributed by atoms with E-state index in [1.54, 1.807) is 6.07 Å². The number of hydrogen-bond donors (Lipinski definition) is 0. The third kappa shape index (κ3) is 3.54. The van der Waals surface area contributed by atoms with Gasteiger partial charge in [-0.15, -0.1) is 0 Å². The van der Waals surface area contributed by atoms with Crippen LogP contribution in [0.15, 0.2) is 40.9 Å². The smallest absolute Gasteiger partial charge is 0.272 e. The van der Waals surface area contributed by atoms with Crippen molar-refractivity contribution in [3.8, 4) is 5.75 Å². The highest BCUT2D eigenvalue weighted by atomic mass is 79.9. The second-order valence-electron chi connectivity index (χ2n) is 4.27. The Labute approximate surface area is 123 Å². The minimum Gasteiger partial charge on any atom is -0.489 e. The van der Waals surface area contributed by atoms with Gasteiger partial charge in [-0.25, -0.2) is 4.39 Å². The summed E-state index contributed by atoms with van der Waals surface area (Å²) in [5, 5.41) is 10.7. The molecule has 0 saturated carbocycles. The van der Waals surface area contributed by atoms with E-state index in [0.717, 1.165) is 16.1 Å².